The summed E-state index contributed by atoms with van der Waals surface area (Å²) in [5.41, 5.74) is 6.68. The molecule has 0 saturated heterocycles. The molecule has 0 spiro atoms. The number of nitrogens with two attached hydrogens (primary N) is 1. The second-order valence-electron chi connectivity index (χ2n) is 3.63. The summed E-state index contributed by atoms with van der Waals surface area (Å²) in [5, 5.41) is 0. The van der Waals surface area contributed by atoms with Crippen LogP contribution >= 0.6 is 12.4 Å². The van der Waals surface area contributed by atoms with E-state index >= 15 is 0 Å². The van der Waals surface area contributed by atoms with Crippen LogP contribution in [-0.2, 0) is 0 Å². The fourth-order valence-electron chi connectivity index (χ4n) is 1.62. The number of benzene rings is 1. The van der Waals surface area contributed by atoms with Gasteiger partial charge < -0.3 is 10.5 Å². The standard InChI is InChI=1S/C11H14FNO.ClH/c1-2-14-11-4-3-7(5-9(11)12)8-6-10(8)13;/h3-5,8,10H,2,6,13H2,1H3;1H/t8-,10-;/m1./s1. The van der Waals surface area contributed by atoms with Crippen LogP contribution in [0.2, 0.25) is 0 Å². The Morgan fingerprint density at radius 1 is 1.53 bits per heavy atom. The van der Waals surface area contributed by atoms with E-state index in [9.17, 15) is 4.39 Å². The molecule has 1 fully saturated rings. The SMILES string of the molecule is CCOc1ccc([C@H]2C[C@H]2N)cc1F.Cl. The Bertz CT molecular complexity index is 345. The molecule has 2 rings (SSSR count). The highest BCUT2D eigenvalue weighted by atomic mass is 35.5. The van der Waals surface area contributed by atoms with Crippen LogP contribution < -0.4 is 10.5 Å². The van der Waals surface area contributed by atoms with E-state index in [-0.39, 0.29) is 24.3 Å². The largest absolute Gasteiger partial charge is 0.491 e. The van der Waals surface area contributed by atoms with Crippen molar-refractivity contribution in [1.29, 1.82) is 0 Å². The summed E-state index contributed by atoms with van der Waals surface area (Å²) in [6, 6.07) is 5.32. The number of ether oxygens (including phenoxy) is 1. The molecule has 0 aromatic heterocycles. The van der Waals surface area contributed by atoms with Gasteiger partial charge in [0.1, 0.15) is 0 Å². The summed E-state index contributed by atoms with van der Waals surface area (Å²) >= 11 is 0. The van der Waals surface area contributed by atoms with Gasteiger partial charge in [0.05, 0.1) is 6.61 Å². The topological polar surface area (TPSA) is 35.2 Å². The molecule has 0 radical (unpaired) electrons. The van der Waals surface area contributed by atoms with Crippen LogP contribution in [0.3, 0.4) is 0 Å². The van der Waals surface area contributed by atoms with Gasteiger partial charge in [0, 0.05) is 12.0 Å². The van der Waals surface area contributed by atoms with Crippen molar-refractivity contribution in [3.8, 4) is 5.75 Å². The number of hydrogen-bond donors (Lipinski definition) is 1. The minimum absolute atomic E-state index is 0. The fourth-order valence-corrected chi connectivity index (χ4v) is 1.62. The van der Waals surface area contributed by atoms with Crippen molar-refractivity contribution in [3.05, 3.63) is 29.6 Å². The van der Waals surface area contributed by atoms with E-state index < -0.39 is 0 Å². The molecule has 0 heterocycles. The van der Waals surface area contributed by atoms with Gasteiger partial charge in [-0.2, -0.15) is 0 Å². The highest BCUT2D eigenvalue weighted by Gasteiger charge is 2.35. The first-order valence-corrected chi connectivity index (χ1v) is 4.90. The zero-order valence-electron chi connectivity index (χ0n) is 8.57. The van der Waals surface area contributed by atoms with Crippen molar-refractivity contribution < 1.29 is 9.13 Å². The van der Waals surface area contributed by atoms with Crippen LogP contribution in [0.15, 0.2) is 18.2 Å². The zero-order valence-corrected chi connectivity index (χ0v) is 9.39. The van der Waals surface area contributed by atoms with Crippen LogP contribution in [-0.4, -0.2) is 12.6 Å². The summed E-state index contributed by atoms with van der Waals surface area (Å²) in [6.45, 7) is 2.32. The van der Waals surface area contributed by atoms with E-state index in [4.69, 9.17) is 10.5 Å². The fraction of sp³-hybridized carbons (Fsp3) is 0.455. The first-order chi connectivity index (χ1) is 6.72. The van der Waals surface area contributed by atoms with E-state index in [0.717, 1.165) is 12.0 Å². The molecular weight excluding hydrogens is 217 g/mol. The molecule has 4 heteroatoms. The maximum atomic E-state index is 13.4. The van der Waals surface area contributed by atoms with E-state index in [0.29, 0.717) is 18.3 Å². The van der Waals surface area contributed by atoms with Crippen molar-refractivity contribution >= 4 is 12.4 Å². The molecule has 1 aromatic carbocycles. The van der Waals surface area contributed by atoms with E-state index in [1.807, 2.05) is 13.0 Å². The summed E-state index contributed by atoms with van der Waals surface area (Å²) in [4.78, 5) is 0. The van der Waals surface area contributed by atoms with Gasteiger partial charge in [0.15, 0.2) is 11.6 Å². The molecule has 0 unspecified atom stereocenters. The summed E-state index contributed by atoms with van der Waals surface area (Å²) in [6.07, 6.45) is 0.966. The normalized spacial score (nSPS) is 23.1. The van der Waals surface area contributed by atoms with E-state index in [1.54, 1.807) is 6.07 Å². The second-order valence-corrected chi connectivity index (χ2v) is 3.63. The summed E-state index contributed by atoms with van der Waals surface area (Å²) in [5.74, 6) is 0.383. The second kappa shape index (κ2) is 4.81. The molecule has 15 heavy (non-hydrogen) atoms. The maximum Gasteiger partial charge on any atom is 0.165 e. The average molecular weight is 232 g/mol. The van der Waals surface area contributed by atoms with Crippen molar-refractivity contribution in [2.24, 2.45) is 5.73 Å². The lowest BCUT2D eigenvalue weighted by Gasteiger charge is -2.06. The van der Waals surface area contributed by atoms with Crippen molar-refractivity contribution in [1.82, 2.24) is 0 Å². The molecule has 2 N–H and O–H groups in total. The molecule has 0 aliphatic heterocycles. The lowest BCUT2D eigenvalue weighted by Crippen LogP contribution is -2.01. The molecule has 84 valence electrons. The lowest BCUT2D eigenvalue weighted by atomic mass is 10.1. The third-order valence-corrected chi connectivity index (χ3v) is 2.52. The van der Waals surface area contributed by atoms with E-state index in [1.165, 1.54) is 6.07 Å². The molecule has 1 aliphatic carbocycles. The Labute approximate surface area is 95.0 Å². The summed E-state index contributed by atoms with van der Waals surface area (Å²) < 4.78 is 18.5. The molecule has 2 atom stereocenters. The average Bonchev–Trinajstić information content (AvgIpc) is 2.87. The number of hydrogen-bond acceptors (Lipinski definition) is 2. The smallest absolute Gasteiger partial charge is 0.165 e. The predicted octanol–water partition coefficient (Wildman–Crippen LogP) is 2.46. The van der Waals surface area contributed by atoms with Gasteiger partial charge in [-0.15, -0.1) is 12.4 Å². The van der Waals surface area contributed by atoms with Gasteiger partial charge in [0.25, 0.3) is 0 Å². The van der Waals surface area contributed by atoms with Gasteiger partial charge in [-0.1, -0.05) is 6.07 Å². The Balaban J connectivity index is 0.00000112. The van der Waals surface area contributed by atoms with Crippen LogP contribution in [0.5, 0.6) is 5.75 Å². The van der Waals surface area contributed by atoms with Crippen LogP contribution in [0, 0.1) is 5.82 Å². The van der Waals surface area contributed by atoms with E-state index in [2.05, 4.69) is 0 Å². The molecule has 1 aliphatic rings. The Morgan fingerprint density at radius 3 is 2.67 bits per heavy atom. The first-order valence-electron chi connectivity index (χ1n) is 4.90. The lowest BCUT2D eigenvalue weighted by molar-refractivity contribution is 0.321. The number of rotatable bonds is 3. The summed E-state index contributed by atoms with van der Waals surface area (Å²) in [7, 11) is 0. The van der Waals surface area contributed by atoms with Crippen LogP contribution in [0.4, 0.5) is 4.39 Å². The third kappa shape index (κ3) is 2.61. The number of halogens is 2. The molecule has 0 bridgehead atoms. The van der Waals surface area contributed by atoms with Crippen molar-refractivity contribution in [3.63, 3.8) is 0 Å². The van der Waals surface area contributed by atoms with Gasteiger partial charge in [-0.05, 0) is 31.0 Å². The Kier molecular flexibility index (Phi) is 3.94. The van der Waals surface area contributed by atoms with Crippen molar-refractivity contribution in [2.75, 3.05) is 6.61 Å². The van der Waals surface area contributed by atoms with Gasteiger partial charge >= 0.3 is 0 Å². The first kappa shape index (κ1) is 12.3. The minimum Gasteiger partial charge on any atom is -0.491 e. The predicted molar refractivity (Wildman–Crippen MR) is 60.2 cm³/mol. The monoisotopic (exact) mass is 231 g/mol. The van der Waals surface area contributed by atoms with Crippen LogP contribution in [0.1, 0.15) is 24.8 Å². The molecule has 2 nitrogen and oxygen atoms in total. The Morgan fingerprint density at radius 2 is 2.20 bits per heavy atom. The highest BCUT2D eigenvalue weighted by molar-refractivity contribution is 5.85. The van der Waals surface area contributed by atoms with Gasteiger partial charge in [-0.25, -0.2) is 4.39 Å². The minimum atomic E-state index is -0.288. The van der Waals surface area contributed by atoms with Gasteiger partial charge in [0.2, 0.25) is 0 Å². The highest BCUT2D eigenvalue weighted by Crippen LogP contribution is 2.39. The van der Waals surface area contributed by atoms with Crippen molar-refractivity contribution in [2.45, 2.75) is 25.3 Å². The quantitative estimate of drug-likeness (QED) is 0.868. The molecule has 1 aromatic rings. The molecular formula is C11H15ClFNO. The molecule has 1 saturated carbocycles. The third-order valence-electron chi connectivity index (χ3n) is 2.52. The van der Waals surface area contributed by atoms with Gasteiger partial charge in [-0.3, -0.25) is 0 Å². The van der Waals surface area contributed by atoms with Crippen LogP contribution in [0.25, 0.3) is 0 Å². The Hall–Kier alpha value is -0.800. The maximum absolute atomic E-state index is 13.4. The molecule has 0 amide bonds. The zero-order chi connectivity index (χ0) is 10.1.